The first-order valence-electron chi connectivity index (χ1n) is 6.79. The molecular formula is C16H18N2O5. The highest BCUT2D eigenvalue weighted by Gasteiger charge is 2.16. The first-order chi connectivity index (χ1) is 11.1. The van der Waals surface area contributed by atoms with Crippen LogP contribution in [0, 0.1) is 0 Å². The van der Waals surface area contributed by atoms with Crippen molar-refractivity contribution < 1.29 is 23.4 Å². The molecule has 23 heavy (non-hydrogen) atoms. The zero-order chi connectivity index (χ0) is 16.8. The average Bonchev–Trinajstić information content (AvgIpc) is 3.12. The van der Waals surface area contributed by atoms with Crippen LogP contribution in [0.2, 0.25) is 0 Å². The van der Waals surface area contributed by atoms with E-state index in [2.05, 4.69) is 10.5 Å². The monoisotopic (exact) mass is 318 g/mol. The van der Waals surface area contributed by atoms with Gasteiger partial charge in [0.15, 0.2) is 11.5 Å². The molecule has 0 aliphatic carbocycles. The number of nitrogens with zero attached hydrogens (tertiary/aromatic N) is 1. The van der Waals surface area contributed by atoms with E-state index in [1.165, 1.54) is 27.6 Å². The summed E-state index contributed by atoms with van der Waals surface area (Å²) >= 11 is 0. The van der Waals surface area contributed by atoms with Gasteiger partial charge < -0.3 is 18.6 Å². The van der Waals surface area contributed by atoms with E-state index in [0.29, 0.717) is 34.3 Å². The molecule has 7 nitrogen and oxygen atoms in total. The van der Waals surface area contributed by atoms with Crippen molar-refractivity contribution in [2.75, 3.05) is 21.3 Å². The number of hydrogen-bond acceptors (Lipinski definition) is 6. The Labute approximate surface area is 133 Å². The third-order valence-corrected chi connectivity index (χ3v) is 3.13. The van der Waals surface area contributed by atoms with Crippen LogP contribution in [0.4, 0.5) is 0 Å². The highest BCUT2D eigenvalue weighted by molar-refractivity contribution is 5.99. The number of carbonyl (C=O) groups excluding carboxylic acids is 1. The maximum absolute atomic E-state index is 12.3. The smallest absolute Gasteiger partial charge is 0.271 e. The van der Waals surface area contributed by atoms with E-state index in [1.54, 1.807) is 31.2 Å². The topological polar surface area (TPSA) is 82.3 Å². The zero-order valence-corrected chi connectivity index (χ0v) is 13.4. The molecule has 1 aromatic heterocycles. The van der Waals surface area contributed by atoms with Gasteiger partial charge in [0.05, 0.1) is 27.6 Å². The van der Waals surface area contributed by atoms with Crippen molar-refractivity contribution >= 4 is 11.6 Å². The lowest BCUT2D eigenvalue weighted by molar-refractivity contribution is 0.0954. The van der Waals surface area contributed by atoms with E-state index in [0.717, 1.165) is 0 Å². The fourth-order valence-electron chi connectivity index (χ4n) is 1.95. The van der Waals surface area contributed by atoms with E-state index >= 15 is 0 Å². The van der Waals surface area contributed by atoms with E-state index in [-0.39, 0.29) is 0 Å². The number of hydrogen-bond donors (Lipinski definition) is 1. The molecule has 1 amide bonds. The van der Waals surface area contributed by atoms with Gasteiger partial charge in [-0.2, -0.15) is 5.10 Å². The predicted molar refractivity (Wildman–Crippen MR) is 84.5 cm³/mol. The number of amides is 1. The number of methoxy groups -OCH3 is 3. The first kappa shape index (κ1) is 16.4. The lowest BCUT2D eigenvalue weighted by Crippen LogP contribution is -2.19. The second-order valence-corrected chi connectivity index (χ2v) is 4.53. The van der Waals surface area contributed by atoms with Gasteiger partial charge in [-0.25, -0.2) is 5.43 Å². The van der Waals surface area contributed by atoms with Crippen molar-refractivity contribution in [3.8, 4) is 17.2 Å². The number of nitrogens with one attached hydrogen (secondary N) is 1. The Morgan fingerprint density at radius 2 is 1.78 bits per heavy atom. The Hall–Kier alpha value is -2.96. The molecule has 1 aromatic carbocycles. The Kier molecular flexibility index (Phi) is 5.24. The van der Waals surface area contributed by atoms with E-state index in [9.17, 15) is 4.79 Å². The van der Waals surface area contributed by atoms with Crippen molar-refractivity contribution in [3.05, 3.63) is 41.9 Å². The van der Waals surface area contributed by atoms with Gasteiger partial charge in [0, 0.05) is 5.56 Å². The summed E-state index contributed by atoms with van der Waals surface area (Å²) in [5, 5.41) is 4.01. The summed E-state index contributed by atoms with van der Waals surface area (Å²) in [7, 11) is 4.47. The highest BCUT2D eigenvalue weighted by Crippen LogP contribution is 2.38. The second kappa shape index (κ2) is 7.35. The minimum absolute atomic E-state index is 0.329. The fraction of sp³-hybridized carbons (Fsp3) is 0.250. The quantitative estimate of drug-likeness (QED) is 0.653. The fourth-order valence-corrected chi connectivity index (χ4v) is 1.95. The Bertz CT molecular complexity index is 682. The summed E-state index contributed by atoms with van der Waals surface area (Å²) in [6.45, 7) is 1.73. The molecule has 0 atom stereocenters. The number of carbonyl (C=O) groups is 1. The van der Waals surface area contributed by atoms with Crippen LogP contribution in [-0.4, -0.2) is 32.9 Å². The van der Waals surface area contributed by atoms with Crippen LogP contribution >= 0.6 is 0 Å². The molecule has 0 radical (unpaired) electrons. The molecule has 0 bridgehead atoms. The van der Waals surface area contributed by atoms with Gasteiger partial charge in [-0.1, -0.05) is 0 Å². The Morgan fingerprint density at radius 1 is 1.13 bits per heavy atom. The molecule has 0 saturated carbocycles. The molecule has 2 aromatic rings. The molecule has 2 rings (SSSR count). The molecule has 1 heterocycles. The van der Waals surface area contributed by atoms with Gasteiger partial charge in [0.2, 0.25) is 5.75 Å². The highest BCUT2D eigenvalue weighted by atomic mass is 16.5. The van der Waals surface area contributed by atoms with Gasteiger partial charge in [0.25, 0.3) is 5.91 Å². The lowest BCUT2D eigenvalue weighted by Gasteiger charge is -2.13. The zero-order valence-electron chi connectivity index (χ0n) is 13.4. The van der Waals surface area contributed by atoms with Crippen LogP contribution in [-0.2, 0) is 0 Å². The average molecular weight is 318 g/mol. The van der Waals surface area contributed by atoms with Crippen LogP contribution in [0.25, 0.3) is 0 Å². The molecule has 0 aliphatic rings. The molecule has 0 saturated heterocycles. The number of ether oxygens (including phenoxy) is 3. The molecule has 7 heteroatoms. The molecule has 0 spiro atoms. The molecule has 0 unspecified atom stereocenters. The first-order valence-corrected chi connectivity index (χ1v) is 6.79. The maximum atomic E-state index is 12.3. The van der Waals surface area contributed by atoms with E-state index in [4.69, 9.17) is 18.6 Å². The van der Waals surface area contributed by atoms with Gasteiger partial charge in [-0.15, -0.1) is 0 Å². The third-order valence-electron chi connectivity index (χ3n) is 3.13. The third kappa shape index (κ3) is 3.63. The Morgan fingerprint density at radius 3 is 2.26 bits per heavy atom. The van der Waals surface area contributed by atoms with Gasteiger partial charge >= 0.3 is 0 Å². The molecule has 0 fully saturated rings. The minimum Gasteiger partial charge on any atom is -0.493 e. The summed E-state index contributed by atoms with van der Waals surface area (Å²) in [5.41, 5.74) is 3.35. The van der Waals surface area contributed by atoms with Crippen molar-refractivity contribution in [3.63, 3.8) is 0 Å². The summed E-state index contributed by atoms with van der Waals surface area (Å²) in [5.74, 6) is 1.37. The van der Waals surface area contributed by atoms with Gasteiger partial charge in [-0.05, 0) is 31.2 Å². The largest absolute Gasteiger partial charge is 0.493 e. The molecule has 1 N–H and O–H groups in total. The van der Waals surface area contributed by atoms with Crippen molar-refractivity contribution in [1.29, 1.82) is 0 Å². The SMILES string of the molecule is COc1cc(C(=O)N/N=C(/C)c2ccco2)cc(OC)c1OC. The summed E-state index contributed by atoms with van der Waals surface area (Å²) in [6.07, 6.45) is 1.54. The normalized spacial score (nSPS) is 11.0. The summed E-state index contributed by atoms with van der Waals surface area (Å²) in [6, 6.07) is 6.60. The summed E-state index contributed by atoms with van der Waals surface area (Å²) < 4.78 is 20.9. The van der Waals surface area contributed by atoms with Gasteiger partial charge in [-0.3, -0.25) is 4.79 Å². The minimum atomic E-state index is -0.407. The van der Waals surface area contributed by atoms with Crippen LogP contribution in [0.5, 0.6) is 17.2 Å². The summed E-state index contributed by atoms with van der Waals surface area (Å²) in [4.78, 5) is 12.3. The second-order valence-electron chi connectivity index (χ2n) is 4.53. The number of rotatable bonds is 6. The maximum Gasteiger partial charge on any atom is 0.271 e. The lowest BCUT2D eigenvalue weighted by atomic mass is 10.1. The number of hydrazone groups is 1. The predicted octanol–water partition coefficient (Wildman–Crippen LogP) is 2.46. The van der Waals surface area contributed by atoms with Crippen molar-refractivity contribution in [2.24, 2.45) is 5.10 Å². The number of benzene rings is 1. The van der Waals surface area contributed by atoms with Crippen LogP contribution in [0.3, 0.4) is 0 Å². The van der Waals surface area contributed by atoms with Gasteiger partial charge in [0.1, 0.15) is 11.5 Å². The van der Waals surface area contributed by atoms with Crippen LogP contribution in [0.15, 0.2) is 40.0 Å². The number of furan rings is 1. The Balaban J connectivity index is 2.24. The van der Waals surface area contributed by atoms with Crippen molar-refractivity contribution in [1.82, 2.24) is 5.43 Å². The van der Waals surface area contributed by atoms with Crippen molar-refractivity contribution in [2.45, 2.75) is 6.92 Å². The molecule has 122 valence electrons. The van der Waals surface area contributed by atoms with E-state index in [1.807, 2.05) is 0 Å². The standard InChI is InChI=1S/C16H18N2O5/c1-10(12-6-5-7-23-12)17-18-16(19)11-8-13(20-2)15(22-4)14(9-11)21-3/h5-9H,1-4H3,(H,18,19)/b17-10-. The van der Waals surface area contributed by atoms with Crippen LogP contribution in [0.1, 0.15) is 23.0 Å². The molecular weight excluding hydrogens is 300 g/mol. The van der Waals surface area contributed by atoms with Crippen LogP contribution < -0.4 is 19.6 Å². The van der Waals surface area contributed by atoms with E-state index < -0.39 is 5.91 Å². The molecule has 0 aliphatic heterocycles.